The summed E-state index contributed by atoms with van der Waals surface area (Å²) in [5.41, 5.74) is 9.29. The Balaban J connectivity index is 1.66. The van der Waals surface area contributed by atoms with Gasteiger partial charge in [-0.1, -0.05) is 180 Å². The number of phenols is 2. The lowest BCUT2D eigenvalue weighted by molar-refractivity contribution is 0.0521. The van der Waals surface area contributed by atoms with E-state index < -0.39 is 0 Å². The van der Waals surface area contributed by atoms with Gasteiger partial charge >= 0.3 is 0 Å². The third-order valence-electron chi connectivity index (χ3n) is 12.0. The second-order valence-corrected chi connectivity index (χ2v) is 21.2. The molecule has 2 heterocycles. The third kappa shape index (κ3) is 11.2. The van der Waals surface area contributed by atoms with Crippen LogP contribution in [-0.2, 0) is 47.8 Å². The van der Waals surface area contributed by atoms with E-state index in [9.17, 15) is 10.2 Å². The van der Waals surface area contributed by atoms with Gasteiger partial charge in [-0.25, -0.2) is 0 Å². The van der Waals surface area contributed by atoms with E-state index in [0.29, 0.717) is 37.7 Å². The topological polar surface area (TPSA) is 72.7 Å². The first-order chi connectivity index (χ1) is 29.1. The second kappa shape index (κ2) is 18.6. The molecule has 0 aliphatic carbocycles. The summed E-state index contributed by atoms with van der Waals surface area (Å²) in [6.07, 6.45) is 3.72. The lowest BCUT2D eigenvalue weighted by Crippen LogP contribution is -2.41. The van der Waals surface area contributed by atoms with E-state index in [4.69, 9.17) is 9.97 Å². The molecule has 326 valence electrons. The molecule has 6 rings (SSSR count). The quantitative estimate of drug-likeness (QED) is 0.121. The van der Waals surface area contributed by atoms with Gasteiger partial charge in [0, 0.05) is 49.7 Å². The Morgan fingerprint density at radius 1 is 0.419 bits per heavy atom. The molecule has 0 spiro atoms. The fraction of sp³-hybridized carbons (Fsp3) is 0.393. The van der Waals surface area contributed by atoms with Gasteiger partial charge in [-0.15, -0.1) is 0 Å². The van der Waals surface area contributed by atoms with Gasteiger partial charge in [0.25, 0.3) is 0 Å². The van der Waals surface area contributed by atoms with Gasteiger partial charge in [-0.05, 0) is 79.3 Å². The predicted octanol–water partition coefficient (Wildman–Crippen LogP) is 13.3. The summed E-state index contributed by atoms with van der Waals surface area (Å²) in [6, 6.07) is 42.0. The van der Waals surface area contributed by atoms with Crippen molar-refractivity contribution in [2.75, 3.05) is 0 Å². The number of rotatable bonds is 13. The van der Waals surface area contributed by atoms with Crippen molar-refractivity contribution in [2.24, 2.45) is 0 Å². The van der Waals surface area contributed by atoms with Crippen molar-refractivity contribution in [1.82, 2.24) is 19.8 Å². The maximum absolute atomic E-state index is 12.4. The van der Waals surface area contributed by atoms with Crippen LogP contribution < -0.4 is 0 Å². The first kappa shape index (κ1) is 46.2. The molecule has 2 aromatic heterocycles. The molecule has 62 heavy (non-hydrogen) atoms. The zero-order valence-corrected chi connectivity index (χ0v) is 39.4. The number of aromatic hydroxyl groups is 2. The van der Waals surface area contributed by atoms with E-state index in [1.54, 1.807) is 0 Å². The number of phenolic OH excluding ortho intramolecular Hbond substituents is 2. The zero-order valence-electron chi connectivity index (χ0n) is 39.4. The normalized spacial score (nSPS) is 13.7. The Morgan fingerprint density at radius 2 is 0.758 bits per heavy atom. The van der Waals surface area contributed by atoms with Crippen molar-refractivity contribution in [1.29, 1.82) is 0 Å². The Hall–Kier alpha value is -5.30. The molecule has 6 aromatic rings. The molecule has 4 aromatic carbocycles. The van der Waals surface area contributed by atoms with Crippen LogP contribution in [0.5, 0.6) is 11.5 Å². The van der Waals surface area contributed by atoms with E-state index in [1.807, 2.05) is 36.7 Å². The second-order valence-electron chi connectivity index (χ2n) is 21.2. The van der Waals surface area contributed by atoms with Crippen LogP contribution in [0.3, 0.4) is 0 Å². The molecule has 0 bridgehead atoms. The Bertz CT molecular complexity index is 2200. The highest BCUT2D eigenvalue weighted by atomic mass is 16.3. The predicted molar refractivity (Wildman–Crippen MR) is 256 cm³/mol. The summed E-state index contributed by atoms with van der Waals surface area (Å²) in [5.74, 6) is 0.673. The zero-order chi connectivity index (χ0) is 45.0. The van der Waals surface area contributed by atoms with Gasteiger partial charge < -0.3 is 10.2 Å². The SMILES string of the molecule is CC(C)(C)c1cc(CN(Cc2ccccn2)[C@H](c2ccccc2)[C@@H](c2ccccc2)N(Cc2ccccn2)Cc2cc(C(C)(C)C)cc(C(C)(C)C)c2O)c(O)c(C(C)(C)C)c1. The standard InChI is InChI=1S/C56H70N4O2/c1-53(2,3)43-31-41(51(61)47(33-43)55(7,8)9)35-59(37-45-27-19-21-29-57-45)49(39-23-15-13-16-24-39)50(40-25-17-14-18-26-40)60(38-46-28-20-22-30-58-46)36-42-32-44(54(4,5)6)34-48(52(42)62)56(10,11)12/h13-34,49-50,61-62H,35-38H2,1-12H3/t49-,50-/m1/s1. The maximum Gasteiger partial charge on any atom is 0.123 e. The van der Waals surface area contributed by atoms with Gasteiger partial charge in [0.05, 0.1) is 23.5 Å². The van der Waals surface area contributed by atoms with Crippen LogP contribution in [0, 0.1) is 0 Å². The number of pyridine rings is 2. The van der Waals surface area contributed by atoms with Crippen LogP contribution in [0.2, 0.25) is 0 Å². The average Bonchev–Trinajstić information content (AvgIpc) is 3.20. The van der Waals surface area contributed by atoms with Crippen molar-refractivity contribution in [3.8, 4) is 11.5 Å². The molecular formula is C56H70N4O2. The lowest BCUT2D eigenvalue weighted by Gasteiger charge is -2.44. The molecule has 0 saturated carbocycles. The Kier molecular flexibility index (Phi) is 13.9. The molecule has 2 atom stereocenters. The minimum absolute atomic E-state index is 0.144. The largest absolute Gasteiger partial charge is 0.507 e. The van der Waals surface area contributed by atoms with Crippen LogP contribution in [0.15, 0.2) is 134 Å². The van der Waals surface area contributed by atoms with Crippen molar-refractivity contribution < 1.29 is 10.2 Å². The molecule has 6 nitrogen and oxygen atoms in total. The number of benzene rings is 4. The molecular weight excluding hydrogens is 761 g/mol. The van der Waals surface area contributed by atoms with Gasteiger partial charge in [0.2, 0.25) is 0 Å². The van der Waals surface area contributed by atoms with Crippen molar-refractivity contribution in [3.63, 3.8) is 0 Å². The van der Waals surface area contributed by atoms with Crippen LogP contribution >= 0.6 is 0 Å². The maximum atomic E-state index is 12.4. The molecule has 0 radical (unpaired) electrons. The van der Waals surface area contributed by atoms with Crippen molar-refractivity contribution in [2.45, 2.75) is 143 Å². The molecule has 0 saturated heterocycles. The summed E-state index contributed by atoms with van der Waals surface area (Å²) in [4.78, 5) is 14.8. The van der Waals surface area contributed by atoms with Crippen LogP contribution in [-0.4, -0.2) is 30.0 Å². The fourth-order valence-electron chi connectivity index (χ4n) is 8.47. The number of hydrogen-bond donors (Lipinski definition) is 2. The number of nitrogens with zero attached hydrogens (tertiary/aromatic N) is 4. The highest BCUT2D eigenvalue weighted by Gasteiger charge is 2.38. The Morgan fingerprint density at radius 3 is 1.05 bits per heavy atom. The summed E-state index contributed by atoms with van der Waals surface area (Å²) in [5, 5.41) is 24.7. The van der Waals surface area contributed by atoms with Crippen molar-refractivity contribution in [3.05, 3.63) is 190 Å². The highest BCUT2D eigenvalue weighted by molar-refractivity contribution is 5.50. The first-order valence-corrected chi connectivity index (χ1v) is 22.2. The Labute approximate surface area is 372 Å². The molecule has 6 heteroatoms. The number of hydrogen-bond acceptors (Lipinski definition) is 6. The van der Waals surface area contributed by atoms with E-state index in [0.717, 1.165) is 44.8 Å². The van der Waals surface area contributed by atoms with Gasteiger partial charge in [-0.2, -0.15) is 0 Å². The average molecular weight is 831 g/mol. The molecule has 0 unspecified atom stereocenters. The van der Waals surface area contributed by atoms with Gasteiger partial charge in [-0.3, -0.25) is 19.8 Å². The summed E-state index contributed by atoms with van der Waals surface area (Å²) >= 11 is 0. The molecule has 2 N–H and O–H groups in total. The molecule has 0 aliphatic heterocycles. The van der Waals surface area contributed by atoms with E-state index in [1.165, 1.54) is 11.1 Å². The van der Waals surface area contributed by atoms with E-state index in [2.05, 4.69) is 190 Å². The molecule has 0 aliphatic rings. The van der Waals surface area contributed by atoms with Crippen LogP contribution in [0.4, 0.5) is 0 Å². The van der Waals surface area contributed by atoms with Crippen molar-refractivity contribution >= 4 is 0 Å². The lowest BCUT2D eigenvalue weighted by atomic mass is 9.78. The van der Waals surface area contributed by atoms with Gasteiger partial charge in [0.15, 0.2) is 0 Å². The minimum atomic E-state index is -0.285. The number of aromatic nitrogens is 2. The summed E-state index contributed by atoms with van der Waals surface area (Å²) in [7, 11) is 0. The molecule has 0 fully saturated rings. The summed E-state index contributed by atoms with van der Waals surface area (Å²) < 4.78 is 0. The highest BCUT2D eigenvalue weighted by Crippen LogP contribution is 2.46. The smallest absolute Gasteiger partial charge is 0.123 e. The summed E-state index contributed by atoms with van der Waals surface area (Å²) in [6.45, 7) is 28.4. The molecule has 0 amide bonds. The third-order valence-corrected chi connectivity index (χ3v) is 12.0. The monoisotopic (exact) mass is 831 g/mol. The van der Waals surface area contributed by atoms with Gasteiger partial charge in [0.1, 0.15) is 11.5 Å². The van der Waals surface area contributed by atoms with E-state index >= 15 is 0 Å². The van der Waals surface area contributed by atoms with Crippen LogP contribution in [0.25, 0.3) is 0 Å². The minimum Gasteiger partial charge on any atom is -0.507 e. The first-order valence-electron chi connectivity index (χ1n) is 22.2. The van der Waals surface area contributed by atoms with Crippen LogP contribution in [0.1, 0.15) is 151 Å². The van der Waals surface area contributed by atoms with E-state index in [-0.39, 0.29) is 33.7 Å². The fourth-order valence-corrected chi connectivity index (χ4v) is 8.47.